The fourth-order valence-electron chi connectivity index (χ4n) is 3.05. The van der Waals surface area contributed by atoms with Crippen LogP contribution < -0.4 is 9.47 Å². The summed E-state index contributed by atoms with van der Waals surface area (Å²) >= 11 is 3.54. The van der Waals surface area contributed by atoms with Crippen LogP contribution >= 0.6 is 15.9 Å². The molecule has 0 unspecified atom stereocenters. The van der Waals surface area contributed by atoms with Crippen molar-refractivity contribution in [1.29, 1.82) is 0 Å². The first kappa shape index (κ1) is 20.7. The molecule has 0 radical (unpaired) electrons. The predicted octanol–water partition coefficient (Wildman–Crippen LogP) is 3.72. The molecule has 8 heteroatoms. The van der Waals surface area contributed by atoms with Crippen LogP contribution in [0.3, 0.4) is 0 Å². The quantitative estimate of drug-likeness (QED) is 0.666. The highest BCUT2D eigenvalue weighted by Crippen LogP contribution is 2.38. The van der Waals surface area contributed by atoms with E-state index >= 15 is 0 Å². The molecule has 2 N–H and O–H groups in total. The molecule has 0 aliphatic carbocycles. The van der Waals surface area contributed by atoms with E-state index in [1.165, 1.54) is 0 Å². The molecule has 1 aromatic heterocycles. The van der Waals surface area contributed by atoms with Gasteiger partial charge in [0.05, 0.1) is 16.6 Å². The van der Waals surface area contributed by atoms with E-state index in [9.17, 15) is 4.79 Å². The number of carbonyl (C=O) groups is 1. The Morgan fingerprint density at radius 2 is 2.00 bits per heavy atom. The van der Waals surface area contributed by atoms with Gasteiger partial charge in [-0.1, -0.05) is 20.8 Å². The number of H-pyrrole nitrogens is 1. The second-order valence-corrected chi connectivity index (χ2v) is 8.84. The van der Waals surface area contributed by atoms with Crippen LogP contribution in [0.15, 0.2) is 22.7 Å². The molecule has 28 heavy (non-hydrogen) atoms. The number of benzene rings is 1. The number of halogens is 1. The lowest BCUT2D eigenvalue weighted by Gasteiger charge is -2.24. The maximum atomic E-state index is 11.1. The summed E-state index contributed by atoms with van der Waals surface area (Å²) < 4.78 is 12.2. The zero-order valence-electron chi connectivity index (χ0n) is 16.4. The van der Waals surface area contributed by atoms with E-state index in [1.807, 2.05) is 18.2 Å². The maximum absolute atomic E-state index is 11.1. The minimum Gasteiger partial charge on any atom is -0.486 e. The van der Waals surface area contributed by atoms with Crippen molar-refractivity contribution in [2.75, 3.05) is 19.8 Å². The van der Waals surface area contributed by atoms with Crippen LogP contribution in [0.25, 0.3) is 0 Å². The van der Waals surface area contributed by atoms with Gasteiger partial charge in [-0.3, -0.25) is 14.8 Å². The van der Waals surface area contributed by atoms with Gasteiger partial charge in [-0.2, -0.15) is 5.10 Å². The average Bonchev–Trinajstić information content (AvgIpc) is 3.09. The zero-order valence-corrected chi connectivity index (χ0v) is 18.0. The summed E-state index contributed by atoms with van der Waals surface area (Å²) in [7, 11) is 0. The van der Waals surface area contributed by atoms with Crippen LogP contribution in [0.4, 0.5) is 0 Å². The molecule has 0 fully saturated rings. The van der Waals surface area contributed by atoms with Crippen molar-refractivity contribution in [3.05, 3.63) is 39.6 Å². The smallest absolute Gasteiger partial charge is 0.304 e. The maximum Gasteiger partial charge on any atom is 0.304 e. The number of carboxylic acid groups (broad SMARTS) is 1. The van der Waals surface area contributed by atoms with Crippen LogP contribution in [0.5, 0.6) is 11.5 Å². The number of ether oxygens (including phenoxy) is 2. The van der Waals surface area contributed by atoms with Gasteiger partial charge in [0.25, 0.3) is 0 Å². The van der Waals surface area contributed by atoms with Gasteiger partial charge in [-0.05, 0) is 39.7 Å². The number of aliphatic carboxylic acids is 1. The Balaban J connectivity index is 1.77. The second kappa shape index (κ2) is 8.53. The Morgan fingerprint density at radius 1 is 1.25 bits per heavy atom. The molecule has 2 aromatic rings. The Hall–Kier alpha value is -2.06. The Morgan fingerprint density at radius 3 is 2.68 bits per heavy atom. The van der Waals surface area contributed by atoms with Crippen molar-refractivity contribution < 1.29 is 19.4 Å². The third kappa shape index (κ3) is 5.26. The molecule has 0 spiro atoms. The first-order valence-electron chi connectivity index (χ1n) is 9.29. The summed E-state index contributed by atoms with van der Waals surface area (Å²) in [5, 5.41) is 16.6. The number of carboxylic acids is 1. The normalized spacial score (nSPS) is 13.8. The zero-order chi connectivity index (χ0) is 20.3. The topological polar surface area (TPSA) is 87.7 Å². The monoisotopic (exact) mass is 451 g/mol. The molecule has 2 heterocycles. The van der Waals surface area contributed by atoms with Crippen molar-refractivity contribution in [1.82, 2.24) is 15.1 Å². The van der Waals surface area contributed by atoms with E-state index in [4.69, 9.17) is 14.6 Å². The van der Waals surface area contributed by atoms with Gasteiger partial charge in [0.15, 0.2) is 11.5 Å². The molecule has 7 nitrogen and oxygen atoms in total. The second-order valence-electron chi connectivity index (χ2n) is 7.98. The Labute approximate surface area is 173 Å². The number of rotatable bonds is 7. The van der Waals surface area contributed by atoms with E-state index in [-0.39, 0.29) is 11.8 Å². The van der Waals surface area contributed by atoms with Gasteiger partial charge in [0, 0.05) is 30.7 Å². The largest absolute Gasteiger partial charge is 0.486 e. The highest BCUT2D eigenvalue weighted by molar-refractivity contribution is 9.10. The minimum absolute atomic E-state index is 0.0403. The molecule has 0 amide bonds. The molecule has 1 aliphatic rings. The number of aromatic nitrogens is 2. The van der Waals surface area contributed by atoms with E-state index < -0.39 is 5.97 Å². The van der Waals surface area contributed by atoms with Crippen molar-refractivity contribution in [3.63, 3.8) is 0 Å². The Bertz CT molecular complexity index is 844. The summed E-state index contributed by atoms with van der Waals surface area (Å²) in [5.74, 6) is 0.620. The average molecular weight is 452 g/mol. The summed E-state index contributed by atoms with van der Waals surface area (Å²) in [6, 6.07) is 6.00. The molecule has 0 saturated carbocycles. The summed E-state index contributed by atoms with van der Waals surface area (Å²) in [6.45, 7) is 9.01. The predicted molar refractivity (Wildman–Crippen MR) is 109 cm³/mol. The van der Waals surface area contributed by atoms with Gasteiger partial charge >= 0.3 is 5.97 Å². The molecular formula is C20H26BrN3O4. The number of nitrogens with zero attached hydrogens (tertiary/aromatic N) is 2. The third-order valence-electron chi connectivity index (χ3n) is 4.50. The van der Waals surface area contributed by atoms with Crippen LogP contribution in [0, 0.1) is 0 Å². The van der Waals surface area contributed by atoms with Crippen LogP contribution in [-0.4, -0.2) is 45.9 Å². The SMILES string of the molecule is CC(C)(C)c1cc(CN(CCC(=O)O)Cc2cc(Br)c3c(c2)OCCO3)[nH]n1. The highest BCUT2D eigenvalue weighted by Gasteiger charge is 2.20. The Kier molecular flexibility index (Phi) is 6.30. The molecule has 152 valence electrons. The number of nitrogens with one attached hydrogen (secondary N) is 1. The summed E-state index contributed by atoms with van der Waals surface area (Å²) in [6.07, 6.45) is 0.0754. The third-order valence-corrected chi connectivity index (χ3v) is 5.09. The highest BCUT2D eigenvalue weighted by atomic mass is 79.9. The molecule has 3 rings (SSSR count). The number of aromatic amines is 1. The van der Waals surface area contributed by atoms with E-state index in [0.717, 1.165) is 27.2 Å². The molecule has 0 atom stereocenters. The van der Waals surface area contributed by atoms with Crippen molar-refractivity contribution >= 4 is 21.9 Å². The molecule has 0 saturated heterocycles. The van der Waals surface area contributed by atoms with Crippen LogP contribution in [0.1, 0.15) is 44.1 Å². The van der Waals surface area contributed by atoms with Crippen molar-refractivity contribution in [2.45, 2.75) is 45.7 Å². The van der Waals surface area contributed by atoms with E-state index in [0.29, 0.717) is 38.6 Å². The van der Waals surface area contributed by atoms with Crippen LogP contribution in [0.2, 0.25) is 0 Å². The first-order valence-corrected chi connectivity index (χ1v) is 10.1. The van der Waals surface area contributed by atoms with Gasteiger partial charge in [-0.25, -0.2) is 0 Å². The number of hydrogen-bond acceptors (Lipinski definition) is 5. The fraction of sp³-hybridized carbons (Fsp3) is 0.500. The number of fused-ring (bicyclic) bond motifs is 1. The van der Waals surface area contributed by atoms with Crippen molar-refractivity contribution in [3.8, 4) is 11.5 Å². The molecule has 0 bridgehead atoms. The van der Waals surface area contributed by atoms with Gasteiger partial charge < -0.3 is 14.6 Å². The van der Waals surface area contributed by atoms with Gasteiger partial charge in [0.1, 0.15) is 13.2 Å². The molecule has 1 aromatic carbocycles. The standard InChI is InChI=1S/C20H26BrN3O4/c1-20(2,3)17-10-14(22-23-17)12-24(5-4-18(25)26)11-13-8-15(21)19-16(9-13)27-6-7-28-19/h8-10H,4-7,11-12H2,1-3H3,(H,22,23)(H,25,26). The van der Waals surface area contributed by atoms with E-state index in [1.54, 1.807) is 0 Å². The van der Waals surface area contributed by atoms with Crippen LogP contribution in [-0.2, 0) is 23.3 Å². The van der Waals surface area contributed by atoms with Gasteiger partial charge in [0.2, 0.25) is 0 Å². The van der Waals surface area contributed by atoms with E-state index in [2.05, 4.69) is 51.8 Å². The number of hydrogen-bond donors (Lipinski definition) is 2. The first-order chi connectivity index (χ1) is 13.2. The molecular weight excluding hydrogens is 426 g/mol. The van der Waals surface area contributed by atoms with Gasteiger partial charge in [-0.15, -0.1) is 0 Å². The summed E-state index contributed by atoms with van der Waals surface area (Å²) in [4.78, 5) is 13.2. The summed E-state index contributed by atoms with van der Waals surface area (Å²) in [5.41, 5.74) is 2.94. The van der Waals surface area contributed by atoms with Crippen molar-refractivity contribution in [2.24, 2.45) is 0 Å². The lowest BCUT2D eigenvalue weighted by Crippen LogP contribution is -2.26. The fourth-order valence-corrected chi connectivity index (χ4v) is 3.65. The molecule has 1 aliphatic heterocycles. The lowest BCUT2D eigenvalue weighted by molar-refractivity contribution is -0.137. The minimum atomic E-state index is -0.812. The lowest BCUT2D eigenvalue weighted by atomic mass is 9.92.